The van der Waals surface area contributed by atoms with Crippen LogP contribution in [-0.2, 0) is 10.8 Å². The van der Waals surface area contributed by atoms with Gasteiger partial charge in [-0.1, -0.05) is 88.4 Å². The minimum atomic E-state index is -0.916. The van der Waals surface area contributed by atoms with Crippen molar-refractivity contribution in [2.24, 2.45) is 0 Å². The highest BCUT2D eigenvalue weighted by Crippen LogP contribution is 2.52. The molecule has 2 aliphatic rings. The van der Waals surface area contributed by atoms with E-state index in [0.717, 1.165) is 35.5 Å². The van der Waals surface area contributed by atoms with E-state index in [4.69, 9.17) is 0 Å². The summed E-state index contributed by atoms with van der Waals surface area (Å²) in [7, 11) is 0. The Morgan fingerprint density at radius 1 is 0.732 bits per heavy atom. The van der Waals surface area contributed by atoms with E-state index in [1.165, 1.54) is 38.2 Å². The van der Waals surface area contributed by atoms with E-state index >= 15 is 0 Å². The molecule has 7 rings (SSSR count). The molecule has 1 atom stereocenters. The van der Waals surface area contributed by atoms with E-state index in [1.807, 2.05) is 12.1 Å². The number of hydrogen-bond acceptors (Lipinski definition) is 3. The lowest BCUT2D eigenvalue weighted by Crippen LogP contribution is -2.34. The van der Waals surface area contributed by atoms with Crippen molar-refractivity contribution in [1.82, 2.24) is 0 Å². The molecule has 0 saturated heterocycles. The van der Waals surface area contributed by atoms with Crippen LogP contribution in [0.4, 0.5) is 17.1 Å². The Morgan fingerprint density at radius 2 is 1.24 bits per heavy atom. The minimum Gasteiger partial charge on any atom is -0.478 e. The van der Waals surface area contributed by atoms with Gasteiger partial charge in [-0.25, -0.2) is 4.79 Å². The summed E-state index contributed by atoms with van der Waals surface area (Å²) >= 11 is 0. The molecule has 0 saturated carbocycles. The number of hydrogen-bond donors (Lipinski definition) is 3. The first kappa shape index (κ1) is 27.0. The monoisotopic (exact) mass is 537 g/mol. The van der Waals surface area contributed by atoms with Gasteiger partial charge in [-0.2, -0.15) is 0 Å². The molecule has 1 unspecified atom stereocenters. The predicted molar refractivity (Wildman–Crippen MR) is 171 cm³/mol. The third kappa shape index (κ3) is 4.18. The zero-order chi connectivity index (χ0) is 27.8. The van der Waals surface area contributed by atoms with Crippen molar-refractivity contribution in [1.29, 1.82) is 0 Å². The van der Waals surface area contributed by atoms with Crippen LogP contribution in [0.1, 0.15) is 79.2 Å². The van der Waals surface area contributed by atoms with Crippen molar-refractivity contribution in [3.63, 3.8) is 0 Å². The average Bonchev–Trinajstić information content (AvgIpc) is 3.12. The first-order valence-corrected chi connectivity index (χ1v) is 14.1. The first-order chi connectivity index (χ1) is 19.1. The van der Waals surface area contributed by atoms with E-state index < -0.39 is 5.97 Å². The minimum absolute atomic E-state index is 0. The largest absolute Gasteiger partial charge is 0.478 e. The summed E-state index contributed by atoms with van der Waals surface area (Å²) in [6.07, 6.45) is 2.30. The lowest BCUT2D eigenvalue weighted by atomic mass is 9.63. The normalized spacial score (nSPS) is 18.1. The fourth-order valence-electron chi connectivity index (χ4n) is 6.87. The second-order valence-electron chi connectivity index (χ2n) is 12.7. The van der Waals surface area contributed by atoms with Gasteiger partial charge >= 0.3 is 5.97 Å². The van der Waals surface area contributed by atoms with Crippen LogP contribution in [0.25, 0.3) is 21.5 Å². The molecule has 5 heteroatoms. The Morgan fingerprint density at radius 3 is 1.83 bits per heavy atom. The number of nitrogens with one attached hydrogen (secondary N) is 2. The standard InChI is InChI=1S/C36H34N2O2.B/c1-35(2)17-18-36(3,4)28-20-30-29(19-27(28)35)37-32(21-13-15-22(16-14-21)34(39)40)31-25-11-7-5-9-23(25)24-10-6-8-12-26(24)33(31)38-30;/h5-16,19-20,32,37-38H,17-18H2,1-4H3,(H,39,40);. The summed E-state index contributed by atoms with van der Waals surface area (Å²) in [5.74, 6) is -0.916. The molecule has 203 valence electrons. The van der Waals surface area contributed by atoms with Gasteiger partial charge in [0.1, 0.15) is 0 Å². The topological polar surface area (TPSA) is 61.4 Å². The van der Waals surface area contributed by atoms with Gasteiger partial charge in [0.25, 0.3) is 0 Å². The Kier molecular flexibility index (Phi) is 6.18. The second kappa shape index (κ2) is 9.41. The van der Waals surface area contributed by atoms with Gasteiger partial charge in [0.15, 0.2) is 0 Å². The smallest absolute Gasteiger partial charge is 0.335 e. The maximum Gasteiger partial charge on any atom is 0.335 e. The Balaban J connectivity index is 0.00000302. The van der Waals surface area contributed by atoms with Gasteiger partial charge in [0.05, 0.1) is 28.7 Å². The molecule has 1 heterocycles. The number of fused-ring (bicyclic) bond motifs is 8. The number of carboxylic acids is 1. The summed E-state index contributed by atoms with van der Waals surface area (Å²) in [6, 6.07) is 29.1. The Labute approximate surface area is 243 Å². The van der Waals surface area contributed by atoms with Gasteiger partial charge in [0, 0.05) is 19.4 Å². The highest BCUT2D eigenvalue weighted by atomic mass is 16.4. The molecule has 1 aliphatic heterocycles. The fraction of sp³-hybridized carbons (Fsp3) is 0.250. The Bertz CT molecular complexity index is 1840. The van der Waals surface area contributed by atoms with E-state index in [9.17, 15) is 9.90 Å². The molecule has 5 aromatic carbocycles. The number of carboxylic acid groups (broad SMARTS) is 1. The Hall–Kier alpha value is -4.25. The lowest BCUT2D eigenvalue weighted by Gasteiger charge is -2.42. The molecule has 0 fully saturated rings. The molecule has 3 radical (unpaired) electrons. The van der Waals surface area contributed by atoms with Gasteiger partial charge < -0.3 is 15.7 Å². The van der Waals surface area contributed by atoms with E-state index in [0.29, 0.717) is 0 Å². The number of carbonyl (C=O) groups is 1. The highest BCUT2D eigenvalue weighted by Gasteiger charge is 2.39. The van der Waals surface area contributed by atoms with Crippen LogP contribution in [0.5, 0.6) is 0 Å². The van der Waals surface area contributed by atoms with Crippen molar-refractivity contribution < 1.29 is 9.90 Å². The summed E-state index contributed by atoms with van der Waals surface area (Å²) in [5.41, 5.74) is 8.72. The van der Waals surface area contributed by atoms with Crippen LogP contribution in [0.3, 0.4) is 0 Å². The van der Waals surface area contributed by atoms with E-state index in [1.54, 1.807) is 12.1 Å². The highest BCUT2D eigenvalue weighted by molar-refractivity contribution is 6.16. The zero-order valence-electron chi connectivity index (χ0n) is 24.0. The fourth-order valence-corrected chi connectivity index (χ4v) is 6.87. The number of aromatic carboxylic acids is 1. The molecule has 0 spiro atoms. The molecule has 4 nitrogen and oxygen atoms in total. The van der Waals surface area contributed by atoms with Gasteiger partial charge in [-0.05, 0) is 80.8 Å². The third-order valence-corrected chi connectivity index (χ3v) is 9.30. The lowest BCUT2D eigenvalue weighted by molar-refractivity contribution is 0.0697. The summed E-state index contributed by atoms with van der Waals surface area (Å²) in [5, 5.41) is 22.2. The second-order valence-corrected chi connectivity index (χ2v) is 12.7. The molecule has 41 heavy (non-hydrogen) atoms. The summed E-state index contributed by atoms with van der Waals surface area (Å²) in [6.45, 7) is 9.44. The SMILES string of the molecule is CC1(C)CCC(C)(C)c2cc3c(cc21)Nc1c(c2ccccc2c2ccccc12)C(c1ccc(C(=O)O)cc1)N3.[B]. The van der Waals surface area contributed by atoms with Crippen molar-refractivity contribution >= 4 is 53.0 Å². The zero-order valence-corrected chi connectivity index (χ0v) is 24.0. The third-order valence-electron chi connectivity index (χ3n) is 9.30. The molecular weight excluding hydrogens is 503 g/mol. The number of rotatable bonds is 2. The molecule has 1 aliphatic carbocycles. The predicted octanol–water partition coefficient (Wildman–Crippen LogP) is 8.92. The first-order valence-electron chi connectivity index (χ1n) is 14.1. The molecule has 3 N–H and O–H groups in total. The van der Waals surface area contributed by atoms with Crippen molar-refractivity contribution in [2.45, 2.75) is 57.4 Å². The molecule has 0 aromatic heterocycles. The molecule has 0 bridgehead atoms. The van der Waals surface area contributed by atoms with Gasteiger partial charge in [-0.3, -0.25) is 0 Å². The number of anilines is 3. The molecule has 5 aromatic rings. The maximum absolute atomic E-state index is 11.7. The van der Waals surface area contributed by atoms with Crippen molar-refractivity contribution in [2.75, 3.05) is 10.6 Å². The van der Waals surface area contributed by atoms with Crippen LogP contribution < -0.4 is 10.6 Å². The summed E-state index contributed by atoms with van der Waals surface area (Å²) < 4.78 is 0. The van der Waals surface area contributed by atoms with Crippen LogP contribution in [0.15, 0.2) is 84.9 Å². The van der Waals surface area contributed by atoms with Crippen LogP contribution in [-0.4, -0.2) is 19.5 Å². The van der Waals surface area contributed by atoms with Crippen LogP contribution in [0.2, 0.25) is 0 Å². The molecule has 0 amide bonds. The van der Waals surface area contributed by atoms with E-state index in [2.05, 4.69) is 99.0 Å². The van der Waals surface area contributed by atoms with E-state index in [-0.39, 0.29) is 30.8 Å². The number of benzene rings is 5. The maximum atomic E-state index is 11.7. The van der Waals surface area contributed by atoms with Crippen molar-refractivity contribution in [3.05, 3.63) is 113 Å². The summed E-state index contributed by atoms with van der Waals surface area (Å²) in [4.78, 5) is 11.7. The van der Waals surface area contributed by atoms with Gasteiger partial charge in [-0.15, -0.1) is 0 Å². The average molecular weight is 537 g/mol. The van der Waals surface area contributed by atoms with Crippen LogP contribution in [0, 0.1) is 0 Å². The van der Waals surface area contributed by atoms with Gasteiger partial charge in [0.2, 0.25) is 0 Å². The van der Waals surface area contributed by atoms with Crippen LogP contribution >= 0.6 is 0 Å². The quantitative estimate of drug-likeness (QED) is 0.155. The molecular formula is C36H34BN2O2. The van der Waals surface area contributed by atoms with Crippen molar-refractivity contribution in [3.8, 4) is 0 Å².